The molecular formula is C22H37NO2S. The highest BCUT2D eigenvalue weighted by Crippen LogP contribution is 2.19. The van der Waals surface area contributed by atoms with Gasteiger partial charge in [0, 0.05) is 12.2 Å². The molecule has 0 aromatic carbocycles. The first kappa shape index (κ1) is 23.0. The van der Waals surface area contributed by atoms with Gasteiger partial charge in [0.2, 0.25) is 11.0 Å². The second-order valence-electron chi connectivity index (χ2n) is 7.06. The first-order valence-electron chi connectivity index (χ1n) is 10.5. The van der Waals surface area contributed by atoms with E-state index in [0.717, 1.165) is 37.9 Å². The summed E-state index contributed by atoms with van der Waals surface area (Å²) in [5.41, 5.74) is 0. The number of thioether (sulfide) groups is 1. The van der Waals surface area contributed by atoms with Crippen LogP contribution in [0.2, 0.25) is 0 Å². The summed E-state index contributed by atoms with van der Waals surface area (Å²) < 4.78 is 0. The van der Waals surface area contributed by atoms with Gasteiger partial charge < -0.3 is 5.32 Å². The van der Waals surface area contributed by atoms with Crippen molar-refractivity contribution in [2.45, 2.75) is 96.4 Å². The molecule has 0 unspecified atom stereocenters. The van der Waals surface area contributed by atoms with Gasteiger partial charge in [0.25, 0.3) is 0 Å². The van der Waals surface area contributed by atoms with Crippen LogP contribution in [0.15, 0.2) is 24.3 Å². The lowest BCUT2D eigenvalue weighted by molar-refractivity contribution is -0.124. The van der Waals surface area contributed by atoms with Crippen molar-refractivity contribution in [2.24, 2.45) is 0 Å². The number of amides is 1. The SMILES string of the molecule is CCCCC/C=C\C/C=C/CCCCCCCC(=O)N[C@H]1CCSC1=O. The predicted molar refractivity (Wildman–Crippen MR) is 113 cm³/mol. The molecule has 0 aromatic rings. The molecule has 0 aliphatic carbocycles. The maximum absolute atomic E-state index is 11.8. The standard InChI is InChI=1S/C22H37NO2S/c1-2-3-4-5-6-7-8-9-10-11-12-13-14-15-16-17-21(24)23-20-18-19-26-22(20)25/h6-7,9-10,20H,2-5,8,11-19H2,1H3,(H,23,24)/b7-6-,10-9+/t20-/m0/s1. The van der Waals surface area contributed by atoms with Gasteiger partial charge >= 0.3 is 0 Å². The van der Waals surface area contributed by atoms with Gasteiger partial charge in [-0.05, 0) is 44.9 Å². The van der Waals surface area contributed by atoms with Gasteiger partial charge in [-0.3, -0.25) is 9.59 Å². The highest BCUT2D eigenvalue weighted by Gasteiger charge is 2.26. The Morgan fingerprint density at radius 1 is 1.00 bits per heavy atom. The highest BCUT2D eigenvalue weighted by molar-refractivity contribution is 8.14. The van der Waals surface area contributed by atoms with E-state index in [2.05, 4.69) is 36.5 Å². The van der Waals surface area contributed by atoms with Crippen LogP contribution >= 0.6 is 11.8 Å². The third-order valence-corrected chi connectivity index (χ3v) is 5.63. The second-order valence-corrected chi connectivity index (χ2v) is 8.16. The molecule has 0 bridgehead atoms. The molecule has 1 N–H and O–H groups in total. The van der Waals surface area contributed by atoms with E-state index in [1.54, 1.807) is 0 Å². The lowest BCUT2D eigenvalue weighted by Crippen LogP contribution is -2.36. The van der Waals surface area contributed by atoms with Crippen LogP contribution in [-0.2, 0) is 9.59 Å². The molecule has 1 amide bonds. The van der Waals surface area contributed by atoms with Crippen LogP contribution in [0.4, 0.5) is 0 Å². The zero-order valence-electron chi connectivity index (χ0n) is 16.5. The molecule has 1 aliphatic rings. The van der Waals surface area contributed by atoms with E-state index in [1.807, 2.05) is 0 Å². The van der Waals surface area contributed by atoms with Crippen molar-refractivity contribution in [1.29, 1.82) is 0 Å². The fourth-order valence-electron chi connectivity index (χ4n) is 2.99. The lowest BCUT2D eigenvalue weighted by Gasteiger charge is -2.09. The van der Waals surface area contributed by atoms with Crippen molar-refractivity contribution in [3.05, 3.63) is 24.3 Å². The molecule has 0 saturated carbocycles. The molecule has 1 saturated heterocycles. The van der Waals surface area contributed by atoms with E-state index in [9.17, 15) is 9.59 Å². The van der Waals surface area contributed by atoms with Crippen LogP contribution in [0.25, 0.3) is 0 Å². The maximum atomic E-state index is 11.8. The summed E-state index contributed by atoms with van der Waals surface area (Å²) in [5, 5.41) is 2.98. The smallest absolute Gasteiger partial charge is 0.220 e. The number of unbranched alkanes of at least 4 members (excludes halogenated alkanes) is 8. The average Bonchev–Trinajstić information content (AvgIpc) is 3.03. The second kappa shape index (κ2) is 16.2. The number of hydrogen-bond acceptors (Lipinski definition) is 3. The molecule has 1 fully saturated rings. The molecule has 1 aliphatic heterocycles. The van der Waals surface area contributed by atoms with Crippen LogP contribution in [0, 0.1) is 0 Å². The minimum absolute atomic E-state index is 0.0385. The van der Waals surface area contributed by atoms with Crippen LogP contribution in [0.1, 0.15) is 90.4 Å². The summed E-state index contributed by atoms with van der Waals surface area (Å²) in [6.07, 6.45) is 23.5. The molecule has 1 atom stereocenters. The minimum Gasteiger partial charge on any atom is -0.345 e. The Bertz CT molecular complexity index is 445. The highest BCUT2D eigenvalue weighted by atomic mass is 32.2. The number of carbonyl (C=O) groups is 2. The molecule has 1 heterocycles. The third-order valence-electron chi connectivity index (χ3n) is 4.63. The Morgan fingerprint density at radius 2 is 1.65 bits per heavy atom. The van der Waals surface area contributed by atoms with Gasteiger partial charge in [-0.15, -0.1) is 0 Å². The van der Waals surface area contributed by atoms with E-state index in [-0.39, 0.29) is 17.1 Å². The summed E-state index contributed by atoms with van der Waals surface area (Å²) in [7, 11) is 0. The minimum atomic E-state index is -0.231. The fraction of sp³-hybridized carbons (Fsp3) is 0.727. The summed E-state index contributed by atoms with van der Waals surface area (Å²) in [4.78, 5) is 23.3. The lowest BCUT2D eigenvalue weighted by atomic mass is 10.1. The topological polar surface area (TPSA) is 46.2 Å². The van der Waals surface area contributed by atoms with Crippen LogP contribution in [-0.4, -0.2) is 22.8 Å². The van der Waals surface area contributed by atoms with E-state index in [4.69, 9.17) is 0 Å². The summed E-state index contributed by atoms with van der Waals surface area (Å²) in [5.74, 6) is 0.879. The van der Waals surface area contributed by atoms with Gasteiger partial charge in [0.05, 0.1) is 6.04 Å². The number of nitrogens with one attached hydrogen (secondary N) is 1. The van der Waals surface area contributed by atoms with E-state index in [0.29, 0.717) is 6.42 Å². The quantitative estimate of drug-likeness (QED) is 0.282. The van der Waals surface area contributed by atoms with E-state index >= 15 is 0 Å². The molecule has 148 valence electrons. The van der Waals surface area contributed by atoms with Crippen molar-refractivity contribution in [3.63, 3.8) is 0 Å². The van der Waals surface area contributed by atoms with Crippen molar-refractivity contribution in [1.82, 2.24) is 5.32 Å². The maximum Gasteiger partial charge on any atom is 0.220 e. The van der Waals surface area contributed by atoms with Crippen molar-refractivity contribution in [2.75, 3.05) is 5.75 Å². The first-order chi connectivity index (χ1) is 12.7. The molecule has 0 radical (unpaired) electrons. The Morgan fingerprint density at radius 3 is 2.31 bits per heavy atom. The van der Waals surface area contributed by atoms with Crippen LogP contribution < -0.4 is 5.32 Å². The van der Waals surface area contributed by atoms with E-state index < -0.39 is 0 Å². The van der Waals surface area contributed by atoms with Crippen molar-refractivity contribution >= 4 is 22.8 Å². The Labute approximate surface area is 164 Å². The normalized spacial score (nSPS) is 17.6. The summed E-state index contributed by atoms with van der Waals surface area (Å²) >= 11 is 1.33. The molecule has 1 rings (SSSR count). The number of allylic oxidation sites excluding steroid dienone is 4. The van der Waals surface area contributed by atoms with Gasteiger partial charge in [-0.25, -0.2) is 0 Å². The first-order valence-corrected chi connectivity index (χ1v) is 11.5. The van der Waals surface area contributed by atoms with Crippen molar-refractivity contribution in [3.8, 4) is 0 Å². The van der Waals surface area contributed by atoms with Crippen molar-refractivity contribution < 1.29 is 9.59 Å². The molecule has 0 spiro atoms. The molecular weight excluding hydrogens is 342 g/mol. The molecule has 26 heavy (non-hydrogen) atoms. The predicted octanol–water partition coefficient (Wildman–Crippen LogP) is 5.95. The largest absolute Gasteiger partial charge is 0.345 e. The monoisotopic (exact) mass is 379 g/mol. The average molecular weight is 380 g/mol. The molecule has 4 heteroatoms. The zero-order chi connectivity index (χ0) is 18.9. The number of hydrogen-bond donors (Lipinski definition) is 1. The summed E-state index contributed by atoms with van der Waals surface area (Å²) in [6.45, 7) is 2.24. The van der Waals surface area contributed by atoms with Crippen LogP contribution in [0.5, 0.6) is 0 Å². The van der Waals surface area contributed by atoms with Gasteiger partial charge in [0.1, 0.15) is 0 Å². The fourth-order valence-corrected chi connectivity index (χ4v) is 3.92. The Hall–Kier alpha value is -1.03. The Kier molecular flexibility index (Phi) is 14.3. The van der Waals surface area contributed by atoms with E-state index in [1.165, 1.54) is 56.7 Å². The zero-order valence-corrected chi connectivity index (χ0v) is 17.3. The Balaban J connectivity index is 1.85. The van der Waals surface area contributed by atoms with Gasteiger partial charge in [-0.1, -0.05) is 75.1 Å². The third kappa shape index (κ3) is 12.3. The number of carbonyl (C=O) groups excluding carboxylic acids is 2. The van der Waals surface area contributed by atoms with Gasteiger partial charge in [0.15, 0.2) is 0 Å². The molecule has 3 nitrogen and oxygen atoms in total. The van der Waals surface area contributed by atoms with Crippen LogP contribution in [0.3, 0.4) is 0 Å². The summed E-state index contributed by atoms with van der Waals surface area (Å²) in [6, 6.07) is -0.231. The number of rotatable bonds is 15. The van der Waals surface area contributed by atoms with Gasteiger partial charge in [-0.2, -0.15) is 0 Å². The molecule has 0 aromatic heterocycles.